The number of nitrogens with zero attached hydrogens (tertiary/aromatic N) is 1. The van der Waals surface area contributed by atoms with E-state index in [2.05, 4.69) is 0 Å². The second kappa shape index (κ2) is 10.5. The third kappa shape index (κ3) is 6.10. The lowest BCUT2D eigenvalue weighted by atomic mass is 10.1. The van der Waals surface area contributed by atoms with Crippen molar-refractivity contribution in [2.24, 2.45) is 0 Å². The van der Waals surface area contributed by atoms with Gasteiger partial charge in [-0.2, -0.15) is 5.26 Å². The second-order valence-electron chi connectivity index (χ2n) is 6.52. The van der Waals surface area contributed by atoms with E-state index in [9.17, 15) is 9.59 Å². The fourth-order valence-corrected chi connectivity index (χ4v) is 2.71. The number of rotatable bonds is 7. The summed E-state index contributed by atoms with van der Waals surface area (Å²) in [6.45, 7) is 7.12. The van der Waals surface area contributed by atoms with Crippen LogP contribution in [0.15, 0.2) is 42.0 Å². The normalized spacial score (nSPS) is 11.9. The lowest BCUT2D eigenvalue weighted by molar-refractivity contribution is -0.141. The predicted molar refractivity (Wildman–Crippen MR) is 113 cm³/mol. The zero-order valence-electron chi connectivity index (χ0n) is 17.2. The Morgan fingerprint density at radius 3 is 2.43 bits per heavy atom. The highest BCUT2D eigenvalue weighted by Gasteiger charge is 2.18. The Labute approximate surface area is 180 Å². The van der Waals surface area contributed by atoms with Gasteiger partial charge in [-0.15, -0.1) is 0 Å². The summed E-state index contributed by atoms with van der Waals surface area (Å²) < 4.78 is 15.9. The molecule has 0 saturated heterocycles. The van der Waals surface area contributed by atoms with E-state index in [1.54, 1.807) is 50.2 Å². The van der Waals surface area contributed by atoms with Crippen molar-refractivity contribution in [3.63, 3.8) is 0 Å². The van der Waals surface area contributed by atoms with Crippen LogP contribution < -0.4 is 9.47 Å². The van der Waals surface area contributed by atoms with E-state index in [0.717, 1.165) is 11.1 Å². The van der Waals surface area contributed by atoms with Crippen molar-refractivity contribution in [3.05, 3.63) is 63.7 Å². The standard InChI is InChI=1S/C23H22ClNO5/c1-5-28-23(27)18(13-25)11-17-7-6-8-19(12-17)30-22(26)16(4)29-20-9-14(2)21(24)15(3)10-20/h6-12,16H,5H2,1-4H3/b18-11+. The largest absolute Gasteiger partial charge is 0.479 e. The highest BCUT2D eigenvalue weighted by molar-refractivity contribution is 6.32. The molecule has 0 spiro atoms. The number of hydrogen-bond donors (Lipinski definition) is 0. The van der Waals surface area contributed by atoms with E-state index >= 15 is 0 Å². The summed E-state index contributed by atoms with van der Waals surface area (Å²) >= 11 is 6.15. The van der Waals surface area contributed by atoms with Gasteiger partial charge in [0.15, 0.2) is 6.10 Å². The second-order valence-corrected chi connectivity index (χ2v) is 6.89. The molecule has 1 unspecified atom stereocenters. The molecule has 1 atom stereocenters. The molecule has 156 valence electrons. The topological polar surface area (TPSA) is 85.6 Å². The van der Waals surface area contributed by atoms with Crippen LogP contribution in [-0.4, -0.2) is 24.6 Å². The Bertz CT molecular complexity index is 999. The monoisotopic (exact) mass is 427 g/mol. The number of ether oxygens (including phenoxy) is 3. The van der Waals surface area contributed by atoms with Gasteiger partial charge in [0.2, 0.25) is 0 Å². The van der Waals surface area contributed by atoms with Crippen molar-refractivity contribution in [1.29, 1.82) is 5.26 Å². The Kier molecular flexibility index (Phi) is 8.02. The van der Waals surface area contributed by atoms with Crippen LogP contribution in [0.1, 0.15) is 30.5 Å². The summed E-state index contributed by atoms with van der Waals surface area (Å²) in [6.07, 6.45) is 0.507. The van der Waals surface area contributed by atoms with Gasteiger partial charge in [0.25, 0.3) is 0 Å². The quantitative estimate of drug-likeness (QED) is 0.273. The third-order valence-corrected chi connectivity index (χ3v) is 4.65. The zero-order valence-corrected chi connectivity index (χ0v) is 17.9. The summed E-state index contributed by atoms with van der Waals surface area (Å²) in [5, 5.41) is 9.79. The van der Waals surface area contributed by atoms with E-state index in [-0.39, 0.29) is 17.9 Å². The fourth-order valence-electron chi connectivity index (χ4n) is 2.61. The maximum atomic E-state index is 12.4. The molecule has 0 bridgehead atoms. The number of nitriles is 1. The van der Waals surface area contributed by atoms with Gasteiger partial charge >= 0.3 is 11.9 Å². The van der Waals surface area contributed by atoms with Crippen LogP contribution in [0, 0.1) is 25.2 Å². The van der Waals surface area contributed by atoms with Crippen LogP contribution in [0.2, 0.25) is 5.02 Å². The first kappa shape index (κ1) is 23.0. The molecule has 0 aliphatic carbocycles. The smallest absolute Gasteiger partial charge is 0.352 e. The zero-order chi connectivity index (χ0) is 22.3. The van der Waals surface area contributed by atoms with Crippen molar-refractivity contribution in [3.8, 4) is 17.6 Å². The number of carbonyl (C=O) groups excluding carboxylic acids is 2. The van der Waals surface area contributed by atoms with Gasteiger partial charge in [-0.1, -0.05) is 23.7 Å². The molecule has 0 aliphatic rings. The maximum absolute atomic E-state index is 12.4. The van der Waals surface area contributed by atoms with Crippen LogP contribution >= 0.6 is 11.6 Å². The van der Waals surface area contributed by atoms with Gasteiger partial charge in [-0.3, -0.25) is 0 Å². The van der Waals surface area contributed by atoms with E-state index < -0.39 is 18.0 Å². The van der Waals surface area contributed by atoms with Gasteiger partial charge in [0, 0.05) is 5.02 Å². The minimum Gasteiger partial charge on any atom is -0.479 e. The molecule has 0 fully saturated rings. The molecule has 0 aliphatic heterocycles. The van der Waals surface area contributed by atoms with E-state index in [1.165, 1.54) is 12.1 Å². The van der Waals surface area contributed by atoms with Gasteiger partial charge in [-0.05, 0) is 74.7 Å². The number of hydrogen-bond acceptors (Lipinski definition) is 6. The summed E-state index contributed by atoms with van der Waals surface area (Å²) in [7, 11) is 0. The molecule has 0 radical (unpaired) electrons. The molecule has 30 heavy (non-hydrogen) atoms. The molecule has 2 aromatic rings. The Morgan fingerprint density at radius 2 is 1.83 bits per heavy atom. The minimum absolute atomic E-state index is 0.148. The lowest BCUT2D eigenvalue weighted by Crippen LogP contribution is -2.28. The minimum atomic E-state index is -0.863. The van der Waals surface area contributed by atoms with Crippen molar-refractivity contribution in [2.45, 2.75) is 33.8 Å². The van der Waals surface area contributed by atoms with Crippen LogP contribution in [0.3, 0.4) is 0 Å². The SMILES string of the molecule is CCOC(=O)/C(C#N)=C/c1cccc(OC(=O)C(C)Oc2cc(C)c(Cl)c(C)c2)c1. The van der Waals surface area contributed by atoms with Crippen LogP contribution in [0.25, 0.3) is 6.08 Å². The summed E-state index contributed by atoms with van der Waals surface area (Å²) in [4.78, 5) is 24.2. The Morgan fingerprint density at radius 1 is 1.17 bits per heavy atom. The number of halogens is 1. The van der Waals surface area contributed by atoms with E-state index in [4.69, 9.17) is 31.1 Å². The first-order chi connectivity index (χ1) is 14.2. The summed E-state index contributed by atoms with van der Waals surface area (Å²) in [6, 6.07) is 11.8. The van der Waals surface area contributed by atoms with Crippen LogP contribution in [0.5, 0.6) is 11.5 Å². The highest BCUT2D eigenvalue weighted by atomic mass is 35.5. The van der Waals surface area contributed by atoms with Crippen molar-refractivity contribution >= 4 is 29.6 Å². The molecule has 0 saturated carbocycles. The van der Waals surface area contributed by atoms with Crippen molar-refractivity contribution in [1.82, 2.24) is 0 Å². The highest BCUT2D eigenvalue weighted by Crippen LogP contribution is 2.26. The van der Waals surface area contributed by atoms with Crippen LogP contribution in [-0.2, 0) is 14.3 Å². The number of benzene rings is 2. The van der Waals surface area contributed by atoms with Crippen molar-refractivity contribution in [2.75, 3.05) is 6.61 Å². The molecular weight excluding hydrogens is 406 g/mol. The fraction of sp³-hybridized carbons (Fsp3) is 0.261. The molecule has 7 heteroatoms. The Hall–Kier alpha value is -3.30. The number of aryl methyl sites for hydroxylation is 2. The predicted octanol–water partition coefficient (Wildman–Crippen LogP) is 4.80. The van der Waals surface area contributed by atoms with E-state index in [1.807, 2.05) is 13.8 Å². The molecule has 0 heterocycles. The molecule has 6 nitrogen and oxygen atoms in total. The van der Waals surface area contributed by atoms with Crippen molar-refractivity contribution < 1.29 is 23.8 Å². The third-order valence-electron chi connectivity index (χ3n) is 4.06. The van der Waals surface area contributed by atoms with Gasteiger partial charge in [-0.25, -0.2) is 9.59 Å². The van der Waals surface area contributed by atoms with Crippen LogP contribution in [0.4, 0.5) is 0 Å². The summed E-state index contributed by atoms with van der Waals surface area (Å²) in [5.74, 6) is -0.525. The van der Waals surface area contributed by atoms with E-state index in [0.29, 0.717) is 16.3 Å². The average molecular weight is 428 g/mol. The first-order valence-corrected chi connectivity index (χ1v) is 9.67. The molecule has 0 N–H and O–H groups in total. The average Bonchev–Trinajstić information content (AvgIpc) is 2.70. The molecule has 0 amide bonds. The molecule has 2 rings (SSSR count). The molecular formula is C23H22ClNO5. The Balaban J connectivity index is 2.11. The number of esters is 2. The summed E-state index contributed by atoms with van der Waals surface area (Å²) in [5.41, 5.74) is 2.07. The molecule has 0 aromatic heterocycles. The number of carbonyl (C=O) groups is 2. The maximum Gasteiger partial charge on any atom is 0.352 e. The van der Waals surface area contributed by atoms with Gasteiger partial charge < -0.3 is 14.2 Å². The molecule has 2 aromatic carbocycles. The first-order valence-electron chi connectivity index (χ1n) is 9.29. The lowest BCUT2D eigenvalue weighted by Gasteiger charge is -2.15. The van der Waals surface area contributed by atoms with Gasteiger partial charge in [0.05, 0.1) is 6.61 Å². The van der Waals surface area contributed by atoms with Gasteiger partial charge in [0.1, 0.15) is 23.1 Å².